The first kappa shape index (κ1) is 60.5. The SMILES string of the molecule is CCCCC/C=C\C/C=C\CCCCCCCC(=O)OC[C@@H]1COP(=O)(O)O[C@H]2[C@H](O)[C@@H](O)[C@H](O)[C@H](/C=C\C(=O)[C@H](/C=C/[C@@H](O)CCCCC)[C@@H](O)[C@H]2OP(=O)(O)O)C/C=C\CCCC(=O)O1. The van der Waals surface area contributed by atoms with Gasteiger partial charge in [0.1, 0.15) is 31.0 Å². The number of ketones is 1. The summed E-state index contributed by atoms with van der Waals surface area (Å²) in [6.07, 6.45) is 12.9. The van der Waals surface area contributed by atoms with Crippen molar-refractivity contribution >= 4 is 33.4 Å². The van der Waals surface area contributed by atoms with E-state index in [-0.39, 0.29) is 32.1 Å². The topological polar surface area (TPSA) is 293 Å². The number of fused-ring (bicyclic) bond motifs is 4. The number of ether oxygens (including phenoxy) is 2. The molecule has 0 saturated carbocycles. The molecular formula is C47H78O18P2. The molecule has 67 heavy (non-hydrogen) atoms. The Balaban J connectivity index is 2.29. The molecule has 20 heteroatoms. The monoisotopic (exact) mass is 992 g/mol. The lowest BCUT2D eigenvalue weighted by Crippen LogP contribution is -2.56. The van der Waals surface area contributed by atoms with E-state index in [9.17, 15) is 63.7 Å². The Morgan fingerprint density at radius 1 is 0.881 bits per heavy atom. The van der Waals surface area contributed by atoms with Gasteiger partial charge in [0.2, 0.25) is 0 Å². The quantitative estimate of drug-likeness (QED) is 0.0217. The standard InChI is InChI=1S/C47H78O18P2/c1-3-5-7-8-9-10-11-12-13-14-15-16-17-18-23-27-40(50)61-33-37-34-62-67(59,60)65-47-45(55)44(54)42(52)35(25-22-19-20-24-28-41(51)63-37)29-32-39(49)38(31-30-36(48)26-21-6-4-2)43(53)46(47)64-66(56,57)58/h9-10,12-13,19,22,29-32,35-38,42-48,52-55H,3-8,11,14-18,20-21,23-28,33-34H2,1-2H3,(H,59,60)(H2,56,57,58)/b10-9-,13-12-,22-19-,31-30+,32-29-/t35-,36-,37+,38-,42+,43+,44-,45+,46+,47-/m0/s1. The van der Waals surface area contributed by atoms with Crippen LogP contribution in [-0.4, -0.2) is 120 Å². The highest BCUT2D eigenvalue weighted by atomic mass is 31.2. The van der Waals surface area contributed by atoms with Gasteiger partial charge in [0.15, 0.2) is 11.9 Å². The lowest BCUT2D eigenvalue weighted by Gasteiger charge is -2.38. The molecule has 8 N–H and O–H groups in total. The largest absolute Gasteiger partial charge is 0.472 e. The van der Waals surface area contributed by atoms with Gasteiger partial charge in [-0.15, -0.1) is 0 Å². The summed E-state index contributed by atoms with van der Waals surface area (Å²) in [7, 11) is -11.4. The number of phosphoric acid groups is 2. The molecule has 0 aromatic heterocycles. The Morgan fingerprint density at radius 3 is 2.22 bits per heavy atom. The van der Waals surface area contributed by atoms with Crippen molar-refractivity contribution < 1.29 is 86.8 Å². The van der Waals surface area contributed by atoms with Crippen LogP contribution in [0.3, 0.4) is 0 Å². The molecule has 18 nitrogen and oxygen atoms in total. The number of carbonyl (C=O) groups excluding carboxylic acids is 3. The van der Waals surface area contributed by atoms with Crippen molar-refractivity contribution in [1.82, 2.24) is 0 Å². The lowest BCUT2D eigenvalue weighted by atomic mass is 9.87. The summed E-state index contributed by atoms with van der Waals surface area (Å²) in [5, 5.41) is 56.4. The fraction of sp³-hybridized carbons (Fsp3) is 0.723. The van der Waals surface area contributed by atoms with Gasteiger partial charge in [-0.2, -0.15) is 0 Å². The molecule has 11 atom stereocenters. The van der Waals surface area contributed by atoms with Crippen molar-refractivity contribution in [3.05, 3.63) is 60.8 Å². The maximum atomic E-state index is 13.8. The van der Waals surface area contributed by atoms with Crippen LogP contribution >= 0.6 is 15.6 Å². The van der Waals surface area contributed by atoms with Gasteiger partial charge < -0.3 is 49.7 Å². The maximum absolute atomic E-state index is 13.8. The number of aliphatic hydroxyl groups is 5. The summed E-state index contributed by atoms with van der Waals surface area (Å²) in [5.41, 5.74) is 0. The van der Waals surface area contributed by atoms with Crippen molar-refractivity contribution in [3.63, 3.8) is 0 Å². The van der Waals surface area contributed by atoms with Gasteiger partial charge in [0.05, 0.1) is 30.8 Å². The van der Waals surface area contributed by atoms with E-state index in [1.807, 2.05) is 6.92 Å². The molecular weight excluding hydrogens is 914 g/mol. The molecule has 2 bridgehead atoms. The Hall–Kier alpha value is -2.67. The van der Waals surface area contributed by atoms with Gasteiger partial charge in [-0.1, -0.05) is 120 Å². The van der Waals surface area contributed by atoms with Crippen molar-refractivity contribution in [1.29, 1.82) is 0 Å². The Morgan fingerprint density at radius 2 is 1.54 bits per heavy atom. The number of aliphatic hydroxyl groups excluding tert-OH is 5. The third-order valence-corrected chi connectivity index (χ3v) is 12.8. The number of cyclic esters (lactones) is 1. The van der Waals surface area contributed by atoms with Gasteiger partial charge in [0.25, 0.3) is 0 Å². The minimum atomic E-state index is -5.75. The van der Waals surface area contributed by atoms with E-state index in [1.165, 1.54) is 31.4 Å². The van der Waals surface area contributed by atoms with Crippen molar-refractivity contribution in [2.45, 2.75) is 191 Å². The van der Waals surface area contributed by atoms with E-state index in [4.69, 9.17) is 23.0 Å². The van der Waals surface area contributed by atoms with Gasteiger partial charge in [-0.3, -0.25) is 28.0 Å². The molecule has 0 spiro atoms. The first-order chi connectivity index (χ1) is 31.9. The minimum Gasteiger partial charge on any atom is -0.462 e. The van der Waals surface area contributed by atoms with E-state index in [0.717, 1.165) is 69.9 Å². The molecule has 0 saturated heterocycles. The molecule has 2 aliphatic rings. The Kier molecular flexibility index (Phi) is 30.5. The van der Waals surface area contributed by atoms with Gasteiger partial charge in [0, 0.05) is 18.8 Å². The lowest BCUT2D eigenvalue weighted by molar-refractivity contribution is -0.163. The fourth-order valence-electron chi connectivity index (χ4n) is 7.43. The van der Waals surface area contributed by atoms with Crippen LogP contribution in [0.15, 0.2) is 60.8 Å². The summed E-state index contributed by atoms with van der Waals surface area (Å²) in [6.45, 7) is 2.56. The van der Waals surface area contributed by atoms with E-state index >= 15 is 0 Å². The van der Waals surface area contributed by atoms with Gasteiger partial charge in [-0.05, 0) is 70.3 Å². The van der Waals surface area contributed by atoms with Crippen molar-refractivity contribution in [2.75, 3.05) is 13.2 Å². The second kappa shape index (κ2) is 33.8. The highest BCUT2D eigenvalue weighted by molar-refractivity contribution is 7.47. The smallest absolute Gasteiger partial charge is 0.462 e. The van der Waals surface area contributed by atoms with Crippen LogP contribution in [0.4, 0.5) is 0 Å². The first-order valence-electron chi connectivity index (χ1n) is 23.9. The minimum absolute atomic E-state index is 0.0455. The molecule has 384 valence electrons. The summed E-state index contributed by atoms with van der Waals surface area (Å²) in [6, 6.07) is 0. The van der Waals surface area contributed by atoms with Crippen LogP contribution in [-0.2, 0) is 46.6 Å². The fourth-order valence-corrected chi connectivity index (χ4v) is 8.96. The highest BCUT2D eigenvalue weighted by Crippen LogP contribution is 2.49. The average molecular weight is 993 g/mol. The van der Waals surface area contributed by atoms with Crippen LogP contribution in [0.5, 0.6) is 0 Å². The zero-order valence-corrected chi connectivity index (χ0v) is 40.9. The number of rotatable bonds is 24. The molecule has 0 amide bonds. The van der Waals surface area contributed by atoms with Crippen LogP contribution in [0.2, 0.25) is 0 Å². The Bertz CT molecular complexity index is 1680. The normalized spacial score (nSPS) is 30.3. The molecule has 0 aromatic carbocycles. The number of esters is 2. The zero-order chi connectivity index (χ0) is 49.7. The average Bonchev–Trinajstić information content (AvgIpc) is 3.28. The molecule has 0 aromatic rings. The number of carbonyl (C=O) groups is 3. The second-order valence-electron chi connectivity index (χ2n) is 17.1. The summed E-state index contributed by atoms with van der Waals surface area (Å²) >= 11 is 0. The predicted molar refractivity (Wildman–Crippen MR) is 250 cm³/mol. The molecule has 0 radical (unpaired) electrons. The van der Waals surface area contributed by atoms with E-state index < -0.39 is 107 Å². The molecule has 0 fully saturated rings. The van der Waals surface area contributed by atoms with E-state index in [2.05, 4.69) is 31.2 Å². The second-order valence-corrected chi connectivity index (χ2v) is 19.7. The molecule has 2 rings (SSSR count). The Labute approximate surface area is 396 Å². The molecule has 1 aliphatic heterocycles. The molecule has 1 aliphatic carbocycles. The summed E-state index contributed by atoms with van der Waals surface area (Å²) in [4.78, 5) is 70.3. The van der Waals surface area contributed by atoms with Gasteiger partial charge >= 0.3 is 27.6 Å². The molecule has 1 heterocycles. The molecule has 1 unspecified atom stereocenters. The van der Waals surface area contributed by atoms with Crippen molar-refractivity contribution in [2.24, 2.45) is 11.8 Å². The third-order valence-electron chi connectivity index (χ3n) is 11.3. The van der Waals surface area contributed by atoms with Gasteiger partial charge in [-0.25, -0.2) is 9.13 Å². The number of hydrogen-bond acceptors (Lipinski definition) is 15. The third kappa shape index (κ3) is 26.2. The van der Waals surface area contributed by atoms with E-state index in [1.54, 1.807) is 12.2 Å². The zero-order valence-electron chi connectivity index (χ0n) is 39.2. The first-order valence-corrected chi connectivity index (χ1v) is 26.9. The van der Waals surface area contributed by atoms with Crippen molar-refractivity contribution in [3.8, 4) is 0 Å². The van der Waals surface area contributed by atoms with Crippen LogP contribution in [0, 0.1) is 11.8 Å². The van der Waals surface area contributed by atoms with E-state index in [0.29, 0.717) is 19.3 Å². The van der Waals surface area contributed by atoms with Crippen LogP contribution in [0.25, 0.3) is 0 Å². The van der Waals surface area contributed by atoms with Crippen LogP contribution in [0.1, 0.15) is 142 Å². The number of unbranched alkanes of at least 4 members (excludes halogenated alkanes) is 10. The predicted octanol–water partition coefficient (Wildman–Crippen LogP) is 6.68. The number of allylic oxidation sites excluding steroid dienone is 7. The highest BCUT2D eigenvalue weighted by Gasteiger charge is 2.50. The summed E-state index contributed by atoms with van der Waals surface area (Å²) in [5.74, 6) is -5.30. The van der Waals surface area contributed by atoms with Crippen LogP contribution < -0.4 is 0 Å². The number of hydrogen-bond donors (Lipinski definition) is 8. The summed E-state index contributed by atoms with van der Waals surface area (Å²) < 4.78 is 52.0. The maximum Gasteiger partial charge on any atom is 0.472 e. The number of phosphoric ester groups is 2.